The van der Waals surface area contributed by atoms with E-state index in [1.165, 1.54) is 32.1 Å². The van der Waals surface area contributed by atoms with Gasteiger partial charge in [-0.15, -0.1) is 0 Å². The van der Waals surface area contributed by atoms with E-state index < -0.39 is 0 Å². The van der Waals surface area contributed by atoms with Crippen molar-refractivity contribution in [2.45, 2.75) is 38.2 Å². The minimum absolute atomic E-state index is 0.516. The van der Waals surface area contributed by atoms with Crippen LogP contribution in [0.25, 0.3) is 0 Å². The minimum Gasteiger partial charge on any atom is -0.376 e. The van der Waals surface area contributed by atoms with Crippen molar-refractivity contribution in [1.82, 2.24) is 5.32 Å². The fraction of sp³-hybridized carbons (Fsp3) is 1.00. The van der Waals surface area contributed by atoms with Crippen molar-refractivity contribution in [2.24, 2.45) is 5.92 Å². The molecule has 2 fully saturated rings. The monoisotopic (exact) mass is 169 g/mol. The molecule has 1 atom stereocenters. The van der Waals surface area contributed by atoms with Crippen LogP contribution in [0.15, 0.2) is 0 Å². The number of rotatable bonds is 2. The maximum atomic E-state index is 5.68. The first-order valence-electron chi connectivity index (χ1n) is 5.27. The summed E-state index contributed by atoms with van der Waals surface area (Å²) in [6.45, 7) is 3.04. The fourth-order valence-corrected chi connectivity index (χ4v) is 2.39. The molecular formula is C10H19NO. The molecule has 12 heavy (non-hydrogen) atoms. The number of hydrogen-bond acceptors (Lipinski definition) is 2. The summed E-state index contributed by atoms with van der Waals surface area (Å²) in [6, 6.07) is 0. The predicted octanol–water partition coefficient (Wildman–Crippen LogP) is 1.56. The first-order valence-corrected chi connectivity index (χ1v) is 5.27. The molecule has 0 unspecified atom stereocenters. The van der Waals surface area contributed by atoms with Gasteiger partial charge < -0.3 is 10.1 Å². The van der Waals surface area contributed by atoms with Crippen LogP contribution in [-0.2, 0) is 4.74 Å². The Bertz CT molecular complexity index is 126. The average Bonchev–Trinajstić information content (AvgIpc) is 2.59. The summed E-state index contributed by atoms with van der Waals surface area (Å²) in [4.78, 5) is 0. The number of ether oxygens (including phenoxy) is 1. The van der Waals surface area contributed by atoms with Crippen LogP contribution in [0.3, 0.4) is 0 Å². The highest BCUT2D eigenvalue weighted by Gasteiger charge is 2.21. The van der Waals surface area contributed by atoms with E-state index in [-0.39, 0.29) is 0 Å². The molecule has 0 radical (unpaired) electrons. The molecule has 0 bridgehead atoms. The van der Waals surface area contributed by atoms with E-state index in [1.54, 1.807) is 0 Å². The molecule has 1 aliphatic heterocycles. The van der Waals surface area contributed by atoms with Crippen molar-refractivity contribution in [2.75, 3.05) is 19.7 Å². The van der Waals surface area contributed by atoms with Gasteiger partial charge in [-0.2, -0.15) is 0 Å². The van der Waals surface area contributed by atoms with Gasteiger partial charge in [-0.1, -0.05) is 25.7 Å². The Morgan fingerprint density at radius 3 is 2.75 bits per heavy atom. The highest BCUT2D eigenvalue weighted by molar-refractivity contribution is 4.75. The largest absolute Gasteiger partial charge is 0.376 e. The van der Waals surface area contributed by atoms with Gasteiger partial charge in [0.15, 0.2) is 0 Å². The van der Waals surface area contributed by atoms with Crippen molar-refractivity contribution >= 4 is 0 Å². The van der Waals surface area contributed by atoms with E-state index in [0.29, 0.717) is 6.10 Å². The number of morpholine rings is 1. The molecule has 1 saturated carbocycles. The molecule has 0 aromatic heterocycles. The maximum Gasteiger partial charge on any atom is 0.0702 e. The van der Waals surface area contributed by atoms with Gasteiger partial charge in [0.25, 0.3) is 0 Å². The Kier molecular flexibility index (Phi) is 3.01. The van der Waals surface area contributed by atoms with E-state index >= 15 is 0 Å². The number of hydrogen-bond donors (Lipinski definition) is 1. The van der Waals surface area contributed by atoms with Crippen molar-refractivity contribution in [3.8, 4) is 0 Å². The van der Waals surface area contributed by atoms with Gasteiger partial charge in [0.05, 0.1) is 12.7 Å². The zero-order valence-corrected chi connectivity index (χ0v) is 7.72. The quantitative estimate of drug-likeness (QED) is 0.677. The van der Waals surface area contributed by atoms with Gasteiger partial charge in [-0.3, -0.25) is 0 Å². The van der Waals surface area contributed by atoms with E-state index in [9.17, 15) is 0 Å². The lowest BCUT2D eigenvalue weighted by Gasteiger charge is -2.25. The minimum atomic E-state index is 0.516. The maximum absolute atomic E-state index is 5.68. The van der Waals surface area contributed by atoms with Crippen LogP contribution in [0.5, 0.6) is 0 Å². The highest BCUT2D eigenvalue weighted by atomic mass is 16.5. The second kappa shape index (κ2) is 4.24. The van der Waals surface area contributed by atoms with Crippen molar-refractivity contribution < 1.29 is 4.74 Å². The zero-order valence-electron chi connectivity index (χ0n) is 7.72. The second-order valence-corrected chi connectivity index (χ2v) is 4.08. The lowest BCUT2D eigenvalue weighted by molar-refractivity contribution is 0.0140. The van der Waals surface area contributed by atoms with E-state index in [2.05, 4.69) is 5.32 Å². The molecule has 0 aromatic rings. The SMILES string of the molecule is C1CCC(C[C@@H]2CNCCO2)C1. The Labute approximate surface area is 74.7 Å². The molecule has 70 valence electrons. The lowest BCUT2D eigenvalue weighted by Crippen LogP contribution is -2.39. The molecule has 0 spiro atoms. The smallest absolute Gasteiger partial charge is 0.0702 e. The molecule has 2 aliphatic rings. The molecular weight excluding hydrogens is 150 g/mol. The molecule has 1 saturated heterocycles. The molecule has 1 N–H and O–H groups in total. The first kappa shape index (κ1) is 8.52. The summed E-state index contributed by atoms with van der Waals surface area (Å²) >= 11 is 0. The van der Waals surface area contributed by atoms with Gasteiger partial charge >= 0.3 is 0 Å². The van der Waals surface area contributed by atoms with Crippen LogP contribution in [0.4, 0.5) is 0 Å². The van der Waals surface area contributed by atoms with Gasteiger partial charge in [-0.05, 0) is 12.3 Å². The molecule has 0 aromatic carbocycles. The van der Waals surface area contributed by atoms with Crippen LogP contribution in [-0.4, -0.2) is 25.8 Å². The summed E-state index contributed by atoms with van der Waals surface area (Å²) < 4.78 is 5.68. The average molecular weight is 169 g/mol. The van der Waals surface area contributed by atoms with Gasteiger partial charge in [0, 0.05) is 13.1 Å². The van der Waals surface area contributed by atoms with Crippen molar-refractivity contribution in [1.29, 1.82) is 0 Å². The topological polar surface area (TPSA) is 21.3 Å². The third kappa shape index (κ3) is 2.20. The van der Waals surface area contributed by atoms with Crippen LogP contribution in [0, 0.1) is 5.92 Å². The van der Waals surface area contributed by atoms with Crippen LogP contribution in [0.1, 0.15) is 32.1 Å². The Balaban J connectivity index is 1.69. The third-order valence-corrected chi connectivity index (χ3v) is 3.08. The summed E-state index contributed by atoms with van der Waals surface area (Å²) in [6.07, 6.45) is 7.60. The molecule has 1 heterocycles. The summed E-state index contributed by atoms with van der Waals surface area (Å²) in [5.41, 5.74) is 0. The summed E-state index contributed by atoms with van der Waals surface area (Å²) in [5, 5.41) is 3.38. The molecule has 2 nitrogen and oxygen atoms in total. The molecule has 1 aliphatic carbocycles. The lowest BCUT2D eigenvalue weighted by atomic mass is 9.99. The Morgan fingerprint density at radius 2 is 2.08 bits per heavy atom. The van der Waals surface area contributed by atoms with Crippen molar-refractivity contribution in [3.05, 3.63) is 0 Å². The molecule has 0 amide bonds. The Hall–Kier alpha value is -0.0800. The zero-order chi connectivity index (χ0) is 8.23. The predicted molar refractivity (Wildman–Crippen MR) is 49.2 cm³/mol. The highest BCUT2D eigenvalue weighted by Crippen LogP contribution is 2.29. The fourth-order valence-electron chi connectivity index (χ4n) is 2.39. The molecule has 2 heteroatoms. The number of nitrogens with one attached hydrogen (secondary N) is 1. The Morgan fingerprint density at radius 1 is 1.25 bits per heavy atom. The van der Waals surface area contributed by atoms with Gasteiger partial charge in [0.1, 0.15) is 0 Å². The van der Waals surface area contributed by atoms with Gasteiger partial charge in [0.2, 0.25) is 0 Å². The van der Waals surface area contributed by atoms with E-state index in [1.807, 2.05) is 0 Å². The van der Waals surface area contributed by atoms with Crippen molar-refractivity contribution in [3.63, 3.8) is 0 Å². The van der Waals surface area contributed by atoms with Crippen LogP contribution < -0.4 is 5.32 Å². The van der Waals surface area contributed by atoms with E-state index in [4.69, 9.17) is 4.74 Å². The first-order chi connectivity index (χ1) is 5.95. The summed E-state index contributed by atoms with van der Waals surface area (Å²) in [7, 11) is 0. The summed E-state index contributed by atoms with van der Waals surface area (Å²) in [5.74, 6) is 0.967. The van der Waals surface area contributed by atoms with Crippen LogP contribution >= 0.6 is 0 Å². The third-order valence-electron chi connectivity index (χ3n) is 3.08. The van der Waals surface area contributed by atoms with E-state index in [0.717, 1.165) is 25.6 Å². The molecule has 2 rings (SSSR count). The normalized spacial score (nSPS) is 32.5. The second-order valence-electron chi connectivity index (χ2n) is 4.08. The van der Waals surface area contributed by atoms with Gasteiger partial charge in [-0.25, -0.2) is 0 Å². The standard InChI is InChI=1S/C10H19NO/c1-2-4-9(3-1)7-10-8-11-5-6-12-10/h9-11H,1-8H2/t10-/m1/s1. The van der Waals surface area contributed by atoms with Crippen LogP contribution in [0.2, 0.25) is 0 Å².